The first-order chi connectivity index (χ1) is 15.4. The zero-order chi connectivity index (χ0) is 22.7. The number of ether oxygens (including phenoxy) is 1. The highest BCUT2D eigenvalue weighted by Gasteiger charge is 2.21. The molecule has 1 unspecified atom stereocenters. The lowest BCUT2D eigenvalue weighted by Gasteiger charge is -2.16. The van der Waals surface area contributed by atoms with Gasteiger partial charge in [-0.25, -0.2) is 4.98 Å². The van der Waals surface area contributed by atoms with E-state index in [1.807, 2.05) is 6.07 Å². The van der Waals surface area contributed by atoms with Crippen molar-refractivity contribution < 1.29 is 18.3 Å². The van der Waals surface area contributed by atoms with E-state index in [2.05, 4.69) is 9.72 Å². The molecule has 1 atom stereocenters. The highest BCUT2D eigenvalue weighted by Crippen LogP contribution is 2.28. The number of hydrogen-bond acceptors (Lipinski definition) is 5. The SMILES string of the molecule is CC(Sc1nc2ccccc2c(=O)n1-c1ccc(OC(F)F)cc1)C(=O)c1ccccc1. The van der Waals surface area contributed by atoms with Crippen LogP contribution >= 0.6 is 11.8 Å². The third-order valence-corrected chi connectivity index (χ3v) is 5.83. The molecule has 0 spiro atoms. The average Bonchev–Trinajstić information content (AvgIpc) is 2.80. The highest BCUT2D eigenvalue weighted by atomic mass is 32.2. The van der Waals surface area contributed by atoms with Crippen LogP contribution in [0, 0.1) is 0 Å². The Bertz CT molecular complexity index is 1310. The molecule has 4 rings (SSSR count). The maximum absolute atomic E-state index is 13.3. The van der Waals surface area contributed by atoms with Gasteiger partial charge in [-0.05, 0) is 43.3 Å². The summed E-state index contributed by atoms with van der Waals surface area (Å²) < 4.78 is 30.7. The van der Waals surface area contributed by atoms with Crippen LogP contribution in [0.5, 0.6) is 5.75 Å². The molecule has 0 radical (unpaired) electrons. The van der Waals surface area contributed by atoms with Crippen LogP contribution in [0.15, 0.2) is 88.8 Å². The lowest BCUT2D eigenvalue weighted by atomic mass is 10.1. The summed E-state index contributed by atoms with van der Waals surface area (Å²) in [5, 5.41) is 0.220. The number of para-hydroxylation sites is 1. The van der Waals surface area contributed by atoms with Crippen LogP contribution < -0.4 is 10.3 Å². The lowest BCUT2D eigenvalue weighted by molar-refractivity contribution is -0.0498. The van der Waals surface area contributed by atoms with E-state index in [9.17, 15) is 18.4 Å². The van der Waals surface area contributed by atoms with Gasteiger partial charge >= 0.3 is 6.61 Å². The minimum Gasteiger partial charge on any atom is -0.435 e. The van der Waals surface area contributed by atoms with Crippen molar-refractivity contribution in [3.05, 3.63) is 94.8 Å². The summed E-state index contributed by atoms with van der Waals surface area (Å²) in [6.45, 7) is -1.19. The van der Waals surface area contributed by atoms with Gasteiger partial charge in [-0.2, -0.15) is 8.78 Å². The van der Waals surface area contributed by atoms with Gasteiger partial charge in [0.05, 0.1) is 21.8 Å². The molecule has 4 aromatic rings. The predicted octanol–water partition coefficient (Wildman–Crippen LogP) is 5.35. The summed E-state index contributed by atoms with van der Waals surface area (Å²) >= 11 is 1.16. The Labute approximate surface area is 186 Å². The molecule has 162 valence electrons. The van der Waals surface area contributed by atoms with Gasteiger partial charge in [0.2, 0.25) is 0 Å². The molecular weight excluding hydrogens is 434 g/mol. The molecule has 1 heterocycles. The molecule has 32 heavy (non-hydrogen) atoms. The van der Waals surface area contributed by atoms with Crippen LogP contribution in [0.4, 0.5) is 8.78 Å². The first-order valence-corrected chi connectivity index (χ1v) is 10.6. The Morgan fingerprint density at radius 3 is 2.31 bits per heavy atom. The summed E-state index contributed by atoms with van der Waals surface area (Å²) in [7, 11) is 0. The van der Waals surface area contributed by atoms with Crippen LogP contribution in [0.2, 0.25) is 0 Å². The molecule has 0 aliphatic rings. The molecule has 0 aliphatic heterocycles. The smallest absolute Gasteiger partial charge is 0.387 e. The number of aromatic nitrogens is 2. The van der Waals surface area contributed by atoms with Gasteiger partial charge in [-0.3, -0.25) is 14.2 Å². The number of thioether (sulfide) groups is 1. The van der Waals surface area contributed by atoms with Crippen molar-refractivity contribution in [2.24, 2.45) is 0 Å². The molecule has 0 fully saturated rings. The molecule has 0 saturated carbocycles. The van der Waals surface area contributed by atoms with Crippen LogP contribution in [-0.4, -0.2) is 27.2 Å². The number of hydrogen-bond donors (Lipinski definition) is 0. The quantitative estimate of drug-likeness (QED) is 0.215. The standard InChI is InChI=1S/C24H18F2N2O3S/c1-15(21(29)16-7-3-2-4-8-16)32-24-27-20-10-6-5-9-19(20)22(30)28(24)17-11-13-18(14-12-17)31-23(25)26/h2-15,23H,1H3. The van der Waals surface area contributed by atoms with Crippen molar-refractivity contribution in [1.82, 2.24) is 9.55 Å². The molecule has 0 N–H and O–H groups in total. The topological polar surface area (TPSA) is 61.2 Å². The van der Waals surface area contributed by atoms with Gasteiger partial charge < -0.3 is 4.74 Å². The average molecular weight is 452 g/mol. The Morgan fingerprint density at radius 2 is 1.62 bits per heavy atom. The number of Topliss-reactive ketones (excluding diaryl/α,β-unsaturated/α-hetero) is 1. The van der Waals surface area contributed by atoms with Crippen LogP contribution in [0.1, 0.15) is 17.3 Å². The summed E-state index contributed by atoms with van der Waals surface area (Å²) in [6.07, 6.45) is 0. The maximum atomic E-state index is 13.3. The predicted molar refractivity (Wildman–Crippen MR) is 120 cm³/mol. The van der Waals surface area contributed by atoms with E-state index < -0.39 is 11.9 Å². The minimum atomic E-state index is -2.94. The van der Waals surface area contributed by atoms with E-state index in [1.54, 1.807) is 55.5 Å². The molecular formula is C24H18F2N2O3S. The summed E-state index contributed by atoms with van der Waals surface area (Å²) in [4.78, 5) is 30.8. The summed E-state index contributed by atoms with van der Waals surface area (Å²) in [5.41, 5.74) is 1.18. The molecule has 8 heteroatoms. The second-order valence-electron chi connectivity index (χ2n) is 6.91. The number of benzene rings is 3. The molecule has 5 nitrogen and oxygen atoms in total. The summed E-state index contributed by atoms with van der Waals surface area (Å²) in [5.74, 6) is -0.113. The van der Waals surface area contributed by atoms with Gasteiger partial charge in [0.15, 0.2) is 10.9 Å². The van der Waals surface area contributed by atoms with Crippen molar-refractivity contribution in [1.29, 1.82) is 0 Å². The van der Waals surface area contributed by atoms with Gasteiger partial charge in [0.25, 0.3) is 5.56 Å². The highest BCUT2D eigenvalue weighted by molar-refractivity contribution is 8.00. The number of rotatable bonds is 7. The number of nitrogens with zero attached hydrogens (tertiary/aromatic N) is 2. The second-order valence-corrected chi connectivity index (χ2v) is 8.22. The van der Waals surface area contributed by atoms with Gasteiger partial charge in [-0.1, -0.05) is 54.2 Å². The normalized spacial score (nSPS) is 12.1. The molecule has 0 aliphatic carbocycles. The second kappa shape index (κ2) is 9.32. The molecule has 0 bridgehead atoms. The minimum absolute atomic E-state index is 0.0210. The van der Waals surface area contributed by atoms with Crippen molar-refractivity contribution in [2.75, 3.05) is 0 Å². The fourth-order valence-electron chi connectivity index (χ4n) is 3.24. The Hall–Kier alpha value is -3.52. The third-order valence-electron chi connectivity index (χ3n) is 4.77. The molecule has 0 amide bonds. The Kier molecular flexibility index (Phi) is 6.32. The number of alkyl halides is 2. The maximum Gasteiger partial charge on any atom is 0.387 e. The third kappa shape index (κ3) is 4.55. The first-order valence-electron chi connectivity index (χ1n) is 9.77. The number of halogens is 2. The van der Waals surface area contributed by atoms with Crippen LogP contribution in [-0.2, 0) is 0 Å². The van der Waals surface area contributed by atoms with Gasteiger partial charge in [-0.15, -0.1) is 0 Å². The number of carbonyl (C=O) groups is 1. The molecule has 0 saturated heterocycles. The Balaban J connectivity index is 1.77. The lowest BCUT2D eigenvalue weighted by Crippen LogP contribution is -2.23. The van der Waals surface area contributed by atoms with E-state index >= 15 is 0 Å². The van der Waals surface area contributed by atoms with E-state index in [4.69, 9.17) is 0 Å². The summed E-state index contributed by atoms with van der Waals surface area (Å²) in [6, 6.07) is 21.5. The van der Waals surface area contributed by atoms with Crippen molar-refractivity contribution in [2.45, 2.75) is 23.9 Å². The van der Waals surface area contributed by atoms with Gasteiger partial charge in [0.1, 0.15) is 5.75 Å². The van der Waals surface area contributed by atoms with Crippen LogP contribution in [0.3, 0.4) is 0 Å². The Morgan fingerprint density at radius 1 is 0.969 bits per heavy atom. The fourth-order valence-corrected chi connectivity index (χ4v) is 4.25. The van der Waals surface area contributed by atoms with E-state index in [0.29, 0.717) is 27.3 Å². The van der Waals surface area contributed by atoms with Crippen LogP contribution in [0.25, 0.3) is 16.6 Å². The number of fused-ring (bicyclic) bond motifs is 1. The fraction of sp³-hybridized carbons (Fsp3) is 0.125. The molecule has 1 aromatic heterocycles. The van der Waals surface area contributed by atoms with Gasteiger partial charge in [0, 0.05) is 5.56 Å². The zero-order valence-corrected chi connectivity index (χ0v) is 17.8. The zero-order valence-electron chi connectivity index (χ0n) is 16.9. The monoisotopic (exact) mass is 452 g/mol. The van der Waals surface area contributed by atoms with Crippen molar-refractivity contribution >= 4 is 28.4 Å². The first kappa shape index (κ1) is 21.7. The largest absolute Gasteiger partial charge is 0.435 e. The van der Waals surface area contributed by atoms with Crippen molar-refractivity contribution in [3.8, 4) is 11.4 Å². The number of carbonyl (C=O) groups excluding carboxylic acids is 1. The van der Waals surface area contributed by atoms with E-state index in [-0.39, 0.29) is 17.1 Å². The van der Waals surface area contributed by atoms with Crippen molar-refractivity contribution in [3.63, 3.8) is 0 Å². The molecule has 3 aromatic carbocycles. The van der Waals surface area contributed by atoms with E-state index in [0.717, 1.165) is 11.8 Å². The number of ketones is 1. The van der Waals surface area contributed by atoms with E-state index in [1.165, 1.54) is 28.8 Å².